The van der Waals surface area contributed by atoms with Gasteiger partial charge < -0.3 is 24.2 Å². The zero-order chi connectivity index (χ0) is 22.8. The standard InChI is InChI=1S/C26H37N3O4/c1-20(30)29-17-22-4-2-3-5-24(22)26(19-29)9-13-27(14-10-26)16-21-6-11-28(12-7-21)25(31)33-23-8-15-32-18-23/h2-5,21,23H,6-19H2,1H3/t23-/m0/s1. The third-order valence-electron chi connectivity index (χ3n) is 8.25. The summed E-state index contributed by atoms with van der Waals surface area (Å²) in [5.41, 5.74) is 2.87. The van der Waals surface area contributed by atoms with E-state index in [2.05, 4.69) is 29.2 Å². The van der Waals surface area contributed by atoms with E-state index < -0.39 is 0 Å². The molecule has 180 valence electrons. The molecule has 1 spiro atoms. The number of hydrogen-bond acceptors (Lipinski definition) is 5. The molecule has 1 aromatic carbocycles. The summed E-state index contributed by atoms with van der Waals surface area (Å²) in [6.45, 7) is 9.34. The number of rotatable bonds is 3. The molecule has 3 saturated heterocycles. The second-order valence-electron chi connectivity index (χ2n) is 10.4. The Balaban J connectivity index is 1.12. The van der Waals surface area contributed by atoms with Crippen molar-refractivity contribution in [3.8, 4) is 0 Å². The van der Waals surface area contributed by atoms with Gasteiger partial charge in [0.25, 0.3) is 0 Å². The van der Waals surface area contributed by atoms with Gasteiger partial charge in [-0.25, -0.2) is 4.79 Å². The Bertz CT molecular complexity index is 853. The topological polar surface area (TPSA) is 62.3 Å². The van der Waals surface area contributed by atoms with Crippen molar-refractivity contribution < 1.29 is 19.1 Å². The summed E-state index contributed by atoms with van der Waals surface area (Å²) >= 11 is 0. The van der Waals surface area contributed by atoms with Crippen LogP contribution in [0.2, 0.25) is 0 Å². The summed E-state index contributed by atoms with van der Waals surface area (Å²) in [7, 11) is 0. The molecule has 0 aromatic heterocycles. The Morgan fingerprint density at radius 3 is 2.52 bits per heavy atom. The molecule has 7 heteroatoms. The van der Waals surface area contributed by atoms with Gasteiger partial charge in [-0.3, -0.25) is 4.79 Å². The molecule has 0 N–H and O–H groups in total. The largest absolute Gasteiger partial charge is 0.444 e. The number of carbonyl (C=O) groups is 2. The van der Waals surface area contributed by atoms with Crippen molar-refractivity contribution in [1.29, 1.82) is 0 Å². The number of nitrogens with zero attached hydrogens (tertiary/aromatic N) is 3. The van der Waals surface area contributed by atoms with Gasteiger partial charge in [0.05, 0.1) is 13.2 Å². The molecular weight excluding hydrogens is 418 g/mol. The van der Waals surface area contributed by atoms with Crippen LogP contribution < -0.4 is 0 Å². The van der Waals surface area contributed by atoms with Crippen molar-refractivity contribution in [3.05, 3.63) is 35.4 Å². The normalized spacial score (nSPS) is 25.8. The van der Waals surface area contributed by atoms with E-state index in [4.69, 9.17) is 9.47 Å². The first-order valence-electron chi connectivity index (χ1n) is 12.6. The lowest BCUT2D eigenvalue weighted by Gasteiger charge is -2.49. The van der Waals surface area contributed by atoms with Gasteiger partial charge in [0.1, 0.15) is 6.10 Å². The van der Waals surface area contributed by atoms with Crippen molar-refractivity contribution in [2.24, 2.45) is 5.92 Å². The van der Waals surface area contributed by atoms with Crippen molar-refractivity contribution in [1.82, 2.24) is 14.7 Å². The first-order valence-corrected chi connectivity index (χ1v) is 12.6. The van der Waals surface area contributed by atoms with Crippen LogP contribution in [-0.2, 0) is 26.2 Å². The predicted molar refractivity (Wildman–Crippen MR) is 125 cm³/mol. The van der Waals surface area contributed by atoms with E-state index in [1.807, 2.05) is 9.80 Å². The van der Waals surface area contributed by atoms with E-state index in [1.165, 1.54) is 11.1 Å². The van der Waals surface area contributed by atoms with Crippen LogP contribution in [0.3, 0.4) is 0 Å². The molecule has 4 heterocycles. The highest BCUT2D eigenvalue weighted by Gasteiger charge is 2.42. The number of piperidine rings is 2. The zero-order valence-electron chi connectivity index (χ0n) is 19.8. The first-order chi connectivity index (χ1) is 16.0. The van der Waals surface area contributed by atoms with Gasteiger partial charge in [-0.15, -0.1) is 0 Å². The molecule has 3 fully saturated rings. The Hall–Kier alpha value is -2.12. The number of carbonyl (C=O) groups excluding carboxylic acids is 2. The lowest BCUT2D eigenvalue weighted by Crippen LogP contribution is -2.53. The highest BCUT2D eigenvalue weighted by Crippen LogP contribution is 2.42. The molecule has 0 aliphatic carbocycles. The summed E-state index contributed by atoms with van der Waals surface area (Å²) < 4.78 is 10.9. The highest BCUT2D eigenvalue weighted by atomic mass is 16.6. The summed E-state index contributed by atoms with van der Waals surface area (Å²) in [6.07, 6.45) is 4.85. The highest BCUT2D eigenvalue weighted by molar-refractivity contribution is 5.74. The average Bonchev–Trinajstić information content (AvgIpc) is 3.34. The molecule has 2 amide bonds. The van der Waals surface area contributed by atoms with Crippen LogP contribution in [-0.4, -0.2) is 85.3 Å². The Labute approximate surface area is 197 Å². The third kappa shape index (κ3) is 4.90. The predicted octanol–water partition coefficient (Wildman–Crippen LogP) is 3.02. The fourth-order valence-electron chi connectivity index (χ4n) is 6.19. The summed E-state index contributed by atoms with van der Waals surface area (Å²) in [4.78, 5) is 31.1. The summed E-state index contributed by atoms with van der Waals surface area (Å²) in [6, 6.07) is 8.72. The van der Waals surface area contributed by atoms with Crippen molar-refractivity contribution in [3.63, 3.8) is 0 Å². The molecule has 33 heavy (non-hydrogen) atoms. The van der Waals surface area contributed by atoms with Gasteiger partial charge in [0.2, 0.25) is 5.91 Å². The maximum atomic E-state index is 12.4. The number of hydrogen-bond donors (Lipinski definition) is 0. The maximum Gasteiger partial charge on any atom is 0.410 e. The van der Waals surface area contributed by atoms with Crippen molar-refractivity contribution >= 4 is 12.0 Å². The average molecular weight is 456 g/mol. The van der Waals surface area contributed by atoms with Crippen LogP contribution in [0.1, 0.15) is 50.2 Å². The van der Waals surface area contributed by atoms with Gasteiger partial charge >= 0.3 is 6.09 Å². The van der Waals surface area contributed by atoms with Crippen LogP contribution in [0.5, 0.6) is 0 Å². The van der Waals surface area contributed by atoms with E-state index in [1.54, 1.807) is 6.92 Å². The quantitative estimate of drug-likeness (QED) is 0.701. The summed E-state index contributed by atoms with van der Waals surface area (Å²) in [5, 5.41) is 0. The molecule has 1 aromatic rings. The van der Waals surface area contributed by atoms with Crippen LogP contribution >= 0.6 is 0 Å². The van der Waals surface area contributed by atoms with Gasteiger partial charge in [0.15, 0.2) is 0 Å². The zero-order valence-corrected chi connectivity index (χ0v) is 19.8. The second kappa shape index (κ2) is 9.63. The molecule has 7 nitrogen and oxygen atoms in total. The molecule has 0 radical (unpaired) electrons. The monoisotopic (exact) mass is 455 g/mol. The van der Waals surface area contributed by atoms with Crippen LogP contribution in [0.4, 0.5) is 4.79 Å². The minimum atomic E-state index is -0.171. The number of ether oxygens (including phenoxy) is 2. The SMILES string of the molecule is CC(=O)N1Cc2ccccc2C2(CCN(CC3CCN(C(=O)O[C@H]4CCOC4)CC3)CC2)C1. The van der Waals surface area contributed by atoms with Crippen LogP contribution in [0.25, 0.3) is 0 Å². The lowest BCUT2D eigenvalue weighted by atomic mass is 9.68. The Morgan fingerprint density at radius 2 is 1.82 bits per heavy atom. The minimum Gasteiger partial charge on any atom is -0.444 e. The molecule has 4 aliphatic rings. The minimum absolute atomic E-state index is 0.0697. The summed E-state index contributed by atoms with van der Waals surface area (Å²) in [5.74, 6) is 0.808. The van der Waals surface area contributed by atoms with Gasteiger partial charge in [0, 0.05) is 51.5 Å². The van der Waals surface area contributed by atoms with Crippen molar-refractivity contribution in [2.75, 3.05) is 52.5 Å². The van der Waals surface area contributed by atoms with Gasteiger partial charge in [-0.1, -0.05) is 24.3 Å². The lowest BCUT2D eigenvalue weighted by molar-refractivity contribution is -0.131. The molecule has 0 bridgehead atoms. The number of benzene rings is 1. The first kappa shape index (κ1) is 22.7. The number of likely N-dealkylation sites (tertiary alicyclic amines) is 2. The van der Waals surface area contributed by atoms with Gasteiger partial charge in [-0.05, 0) is 55.8 Å². The molecule has 1 atom stereocenters. The molecule has 4 aliphatic heterocycles. The van der Waals surface area contributed by atoms with Crippen LogP contribution in [0.15, 0.2) is 24.3 Å². The van der Waals surface area contributed by atoms with E-state index in [9.17, 15) is 9.59 Å². The Kier molecular flexibility index (Phi) is 6.61. The fraction of sp³-hybridized carbons (Fsp3) is 0.692. The fourth-order valence-corrected chi connectivity index (χ4v) is 6.19. The van der Waals surface area contributed by atoms with Crippen molar-refractivity contribution in [2.45, 2.75) is 57.1 Å². The van der Waals surface area contributed by atoms with Crippen LogP contribution in [0, 0.1) is 5.92 Å². The molecule has 0 unspecified atom stereocenters. The van der Waals surface area contributed by atoms with E-state index in [0.717, 1.165) is 77.9 Å². The van der Waals surface area contributed by atoms with E-state index in [0.29, 0.717) is 19.1 Å². The second-order valence-corrected chi connectivity index (χ2v) is 10.4. The number of amides is 2. The smallest absolute Gasteiger partial charge is 0.410 e. The Morgan fingerprint density at radius 1 is 1.06 bits per heavy atom. The maximum absolute atomic E-state index is 12.4. The van der Waals surface area contributed by atoms with E-state index in [-0.39, 0.29) is 23.5 Å². The van der Waals surface area contributed by atoms with Gasteiger partial charge in [-0.2, -0.15) is 0 Å². The molecule has 5 rings (SSSR count). The molecule has 0 saturated carbocycles. The number of fused-ring (bicyclic) bond motifs is 2. The third-order valence-corrected chi connectivity index (χ3v) is 8.25. The van der Waals surface area contributed by atoms with E-state index >= 15 is 0 Å². The molecular formula is C26H37N3O4.